The number of carboxylic acids is 1. The zero-order chi connectivity index (χ0) is 21.6. The van der Waals surface area contributed by atoms with E-state index in [-0.39, 0.29) is 6.42 Å². The van der Waals surface area contributed by atoms with E-state index in [4.69, 9.17) is 5.11 Å². The lowest BCUT2D eigenvalue weighted by Crippen LogP contribution is -2.03. The molecule has 154 valence electrons. The molecule has 1 aromatic carbocycles. The van der Waals surface area contributed by atoms with E-state index < -0.39 is 5.97 Å². The van der Waals surface area contributed by atoms with E-state index in [0.717, 1.165) is 16.8 Å². The minimum atomic E-state index is -0.846. The van der Waals surface area contributed by atoms with Gasteiger partial charge in [-0.3, -0.25) is 4.79 Å². The smallest absolute Gasteiger partial charge is 0.307 e. The van der Waals surface area contributed by atoms with Crippen molar-refractivity contribution >= 4 is 17.6 Å². The fourth-order valence-corrected chi connectivity index (χ4v) is 3.04. The predicted octanol–water partition coefficient (Wildman–Crippen LogP) is 3.60. The summed E-state index contributed by atoms with van der Waals surface area (Å²) in [6, 6.07) is 16.7. The van der Waals surface area contributed by atoms with Crippen LogP contribution in [-0.2, 0) is 17.6 Å². The number of aliphatic carboxylic acids is 1. The van der Waals surface area contributed by atoms with Crippen LogP contribution >= 0.6 is 0 Å². The van der Waals surface area contributed by atoms with Crippen LogP contribution in [0.4, 0.5) is 11.6 Å². The lowest BCUT2D eigenvalue weighted by atomic mass is 10.1. The average molecular weight is 412 g/mol. The van der Waals surface area contributed by atoms with Crippen molar-refractivity contribution in [3.8, 4) is 11.5 Å². The normalized spacial score (nSPS) is 10.6. The molecule has 0 saturated heterocycles. The quantitative estimate of drug-likeness (QED) is 0.473. The van der Waals surface area contributed by atoms with Gasteiger partial charge in [-0.1, -0.05) is 30.3 Å². The maximum atomic E-state index is 10.8. The first kappa shape index (κ1) is 20.1. The average Bonchev–Trinajstić information content (AvgIpc) is 2.75. The van der Waals surface area contributed by atoms with Gasteiger partial charge in [-0.05, 0) is 42.3 Å². The molecule has 2 N–H and O–H groups in total. The van der Waals surface area contributed by atoms with E-state index in [0.29, 0.717) is 35.4 Å². The second kappa shape index (κ2) is 9.08. The molecule has 0 aliphatic heterocycles. The van der Waals surface area contributed by atoms with Gasteiger partial charge in [0.2, 0.25) is 0 Å². The number of aryl methyl sites for hydroxylation is 1. The number of nitrogens with one attached hydrogen (secondary N) is 1. The van der Waals surface area contributed by atoms with Gasteiger partial charge in [0.05, 0.1) is 6.42 Å². The standard InChI is InChI=1S/C23H20N6O2/c1-15-3-2-4-18(26-15)23-25-12-10-20(29-23)27-19-9-11-24-21(28-19)13-16-5-7-17(8-6-16)14-22(30)31/h2-12H,13-14H2,1H3,(H,30,31)(H,24,25,27,28,29). The Hall–Kier alpha value is -4.20. The molecule has 0 bridgehead atoms. The Labute approximate surface area is 179 Å². The summed E-state index contributed by atoms with van der Waals surface area (Å²) in [5.41, 5.74) is 3.37. The Morgan fingerprint density at radius 2 is 1.58 bits per heavy atom. The lowest BCUT2D eigenvalue weighted by molar-refractivity contribution is -0.136. The summed E-state index contributed by atoms with van der Waals surface area (Å²) in [6.45, 7) is 1.92. The topological polar surface area (TPSA) is 114 Å². The van der Waals surface area contributed by atoms with Crippen LogP contribution in [0.3, 0.4) is 0 Å². The minimum Gasteiger partial charge on any atom is -0.481 e. The summed E-state index contributed by atoms with van der Waals surface area (Å²) < 4.78 is 0. The minimum absolute atomic E-state index is 0.00910. The van der Waals surface area contributed by atoms with Gasteiger partial charge in [-0.2, -0.15) is 0 Å². The summed E-state index contributed by atoms with van der Waals surface area (Å²) in [7, 11) is 0. The van der Waals surface area contributed by atoms with Crippen molar-refractivity contribution in [2.75, 3.05) is 5.32 Å². The molecule has 0 radical (unpaired) electrons. The molecule has 3 aromatic heterocycles. The van der Waals surface area contributed by atoms with Gasteiger partial charge in [-0.25, -0.2) is 24.9 Å². The molecule has 0 atom stereocenters. The highest BCUT2D eigenvalue weighted by Crippen LogP contribution is 2.17. The molecule has 0 fully saturated rings. The Balaban J connectivity index is 1.48. The maximum absolute atomic E-state index is 10.8. The van der Waals surface area contributed by atoms with Gasteiger partial charge in [0.25, 0.3) is 0 Å². The van der Waals surface area contributed by atoms with E-state index in [9.17, 15) is 4.79 Å². The zero-order valence-electron chi connectivity index (χ0n) is 16.9. The number of carbonyl (C=O) groups is 1. The highest BCUT2D eigenvalue weighted by molar-refractivity contribution is 5.70. The number of carboxylic acid groups (broad SMARTS) is 1. The monoisotopic (exact) mass is 412 g/mol. The van der Waals surface area contributed by atoms with E-state index in [1.165, 1.54) is 0 Å². The third-order valence-corrected chi connectivity index (χ3v) is 4.48. The van der Waals surface area contributed by atoms with E-state index in [1.54, 1.807) is 24.5 Å². The van der Waals surface area contributed by atoms with Gasteiger partial charge in [0.15, 0.2) is 5.82 Å². The molecule has 4 aromatic rings. The Kier molecular flexibility index (Phi) is 5.89. The van der Waals surface area contributed by atoms with Crippen LogP contribution in [-0.4, -0.2) is 36.0 Å². The van der Waals surface area contributed by atoms with E-state index in [2.05, 4.69) is 30.2 Å². The number of anilines is 2. The molecule has 0 saturated carbocycles. The molecule has 3 heterocycles. The van der Waals surface area contributed by atoms with Crippen LogP contribution in [0.5, 0.6) is 0 Å². The second-order valence-corrected chi connectivity index (χ2v) is 6.98. The van der Waals surface area contributed by atoms with Crippen molar-refractivity contribution in [1.82, 2.24) is 24.9 Å². The van der Waals surface area contributed by atoms with E-state index in [1.807, 2.05) is 49.4 Å². The van der Waals surface area contributed by atoms with Crippen LogP contribution < -0.4 is 5.32 Å². The lowest BCUT2D eigenvalue weighted by Gasteiger charge is -2.08. The third-order valence-electron chi connectivity index (χ3n) is 4.48. The Bertz CT molecular complexity index is 1210. The molecule has 31 heavy (non-hydrogen) atoms. The molecule has 0 unspecified atom stereocenters. The summed E-state index contributed by atoms with van der Waals surface area (Å²) in [5, 5.41) is 12.1. The number of aromatic nitrogens is 5. The molecule has 4 rings (SSSR count). The predicted molar refractivity (Wildman–Crippen MR) is 116 cm³/mol. The second-order valence-electron chi connectivity index (χ2n) is 6.98. The van der Waals surface area contributed by atoms with Gasteiger partial charge >= 0.3 is 5.97 Å². The van der Waals surface area contributed by atoms with Crippen LogP contribution in [0, 0.1) is 6.92 Å². The fraction of sp³-hybridized carbons (Fsp3) is 0.130. The largest absolute Gasteiger partial charge is 0.481 e. The molecule has 0 aliphatic rings. The first-order valence-corrected chi connectivity index (χ1v) is 9.71. The van der Waals surface area contributed by atoms with Crippen molar-refractivity contribution in [2.45, 2.75) is 19.8 Å². The highest BCUT2D eigenvalue weighted by atomic mass is 16.4. The maximum Gasteiger partial charge on any atom is 0.307 e. The zero-order valence-corrected chi connectivity index (χ0v) is 16.9. The number of nitrogens with zero attached hydrogens (tertiary/aromatic N) is 5. The van der Waals surface area contributed by atoms with Crippen molar-refractivity contribution in [3.05, 3.63) is 89.6 Å². The Morgan fingerprint density at radius 3 is 2.32 bits per heavy atom. The molecule has 0 amide bonds. The molecule has 8 nitrogen and oxygen atoms in total. The van der Waals surface area contributed by atoms with Crippen LogP contribution in [0.15, 0.2) is 67.0 Å². The van der Waals surface area contributed by atoms with Gasteiger partial charge in [0, 0.05) is 24.5 Å². The molecule has 8 heteroatoms. The third kappa shape index (κ3) is 5.45. The summed E-state index contributed by atoms with van der Waals surface area (Å²) in [5.74, 6) is 1.56. The number of benzene rings is 1. The van der Waals surface area contributed by atoms with Crippen molar-refractivity contribution < 1.29 is 9.90 Å². The first-order valence-electron chi connectivity index (χ1n) is 9.71. The first-order chi connectivity index (χ1) is 15.0. The highest BCUT2D eigenvalue weighted by Gasteiger charge is 2.07. The molecular formula is C23H20N6O2. The van der Waals surface area contributed by atoms with Crippen LogP contribution in [0.1, 0.15) is 22.6 Å². The van der Waals surface area contributed by atoms with Gasteiger partial charge in [0.1, 0.15) is 23.2 Å². The Morgan fingerprint density at radius 1 is 0.871 bits per heavy atom. The van der Waals surface area contributed by atoms with E-state index >= 15 is 0 Å². The van der Waals surface area contributed by atoms with Crippen molar-refractivity contribution in [1.29, 1.82) is 0 Å². The number of hydrogen-bond acceptors (Lipinski definition) is 7. The van der Waals surface area contributed by atoms with Crippen LogP contribution in [0.2, 0.25) is 0 Å². The van der Waals surface area contributed by atoms with Crippen molar-refractivity contribution in [2.24, 2.45) is 0 Å². The summed E-state index contributed by atoms with van der Waals surface area (Å²) in [6.07, 6.45) is 3.91. The molecular weight excluding hydrogens is 392 g/mol. The number of hydrogen-bond donors (Lipinski definition) is 2. The van der Waals surface area contributed by atoms with Gasteiger partial charge in [-0.15, -0.1) is 0 Å². The summed E-state index contributed by atoms with van der Waals surface area (Å²) >= 11 is 0. The van der Waals surface area contributed by atoms with Crippen molar-refractivity contribution in [3.63, 3.8) is 0 Å². The molecule has 0 spiro atoms. The number of pyridine rings is 1. The SMILES string of the molecule is Cc1cccc(-c2nccc(Nc3ccnc(Cc4ccc(CC(=O)O)cc4)n3)n2)n1. The molecule has 0 aliphatic carbocycles. The number of rotatable bonds is 7. The summed E-state index contributed by atoms with van der Waals surface area (Å²) in [4.78, 5) is 33.0. The fourth-order valence-electron chi connectivity index (χ4n) is 3.04. The van der Waals surface area contributed by atoms with Gasteiger partial charge < -0.3 is 10.4 Å². The van der Waals surface area contributed by atoms with Crippen LogP contribution in [0.25, 0.3) is 11.5 Å².